The van der Waals surface area contributed by atoms with Crippen molar-refractivity contribution in [1.82, 2.24) is 4.57 Å². The fraction of sp³-hybridized carbons (Fsp3) is 0.111. The van der Waals surface area contributed by atoms with Crippen LogP contribution in [0.15, 0.2) is 53.2 Å². The Morgan fingerprint density at radius 3 is 2.79 bits per heavy atom. The summed E-state index contributed by atoms with van der Waals surface area (Å²) in [5.41, 5.74) is 7.77. The van der Waals surface area contributed by atoms with E-state index < -0.39 is 5.92 Å². The number of nitriles is 1. The molecule has 2 N–H and O–H groups in total. The molecule has 1 aliphatic rings. The zero-order valence-electron chi connectivity index (χ0n) is 12.8. The second-order valence-corrected chi connectivity index (χ2v) is 6.51. The van der Waals surface area contributed by atoms with Crippen LogP contribution in [0, 0.1) is 11.3 Å². The van der Waals surface area contributed by atoms with E-state index in [2.05, 4.69) is 6.07 Å². The van der Waals surface area contributed by atoms with Crippen molar-refractivity contribution in [1.29, 1.82) is 5.26 Å². The van der Waals surface area contributed by atoms with Crippen LogP contribution in [0.2, 0.25) is 0 Å². The Balaban J connectivity index is 2.14. The summed E-state index contributed by atoms with van der Waals surface area (Å²) in [5, 5.41) is 12.4. The molecule has 0 unspecified atom stereocenters. The van der Waals surface area contributed by atoms with Gasteiger partial charge in [0.15, 0.2) is 5.75 Å². The number of allylic oxidation sites excluding steroid dienone is 1. The standard InChI is InChI=1S/C18H13N3O2S/c1-10(22)21-13-6-3-2-5-11(13)17-16(21)15(14-7-4-8-24-14)12(9-19)18(20)23-17/h2-8,15H,20H2,1H3/t15-/m1/s1. The number of ether oxygens (including phenoxy) is 1. The van der Waals surface area contributed by atoms with Gasteiger partial charge in [0.25, 0.3) is 0 Å². The topological polar surface area (TPSA) is 81.0 Å². The summed E-state index contributed by atoms with van der Waals surface area (Å²) >= 11 is 1.52. The SMILES string of the molecule is CC(=O)n1c2c(c3ccccc31)OC(N)=C(C#N)[C@@H]2c1cccs1. The molecule has 0 spiro atoms. The van der Waals surface area contributed by atoms with Crippen LogP contribution in [0.3, 0.4) is 0 Å². The van der Waals surface area contributed by atoms with E-state index in [1.807, 2.05) is 41.8 Å². The number of carbonyl (C=O) groups excluding carboxylic acids is 1. The second-order valence-electron chi connectivity index (χ2n) is 5.53. The lowest BCUT2D eigenvalue weighted by Gasteiger charge is -2.24. The molecule has 5 nitrogen and oxygen atoms in total. The number of nitrogens with zero attached hydrogens (tertiary/aromatic N) is 2. The van der Waals surface area contributed by atoms with Gasteiger partial charge in [0.1, 0.15) is 11.6 Å². The molecule has 0 saturated carbocycles. The molecule has 0 bridgehead atoms. The minimum Gasteiger partial charge on any atom is -0.438 e. The number of hydrogen-bond acceptors (Lipinski definition) is 5. The third-order valence-corrected chi connectivity index (χ3v) is 5.10. The average Bonchev–Trinajstić information content (AvgIpc) is 3.19. The van der Waals surface area contributed by atoms with E-state index in [0.29, 0.717) is 17.0 Å². The molecule has 1 aromatic carbocycles. The molecule has 2 aromatic heterocycles. The van der Waals surface area contributed by atoms with E-state index in [0.717, 1.165) is 15.8 Å². The first-order chi connectivity index (χ1) is 11.6. The van der Waals surface area contributed by atoms with E-state index >= 15 is 0 Å². The first kappa shape index (κ1) is 14.5. The molecule has 0 fully saturated rings. The van der Waals surface area contributed by atoms with Crippen LogP contribution in [0.1, 0.15) is 28.2 Å². The van der Waals surface area contributed by atoms with Gasteiger partial charge in [-0.3, -0.25) is 9.36 Å². The molecule has 118 valence electrons. The highest BCUT2D eigenvalue weighted by molar-refractivity contribution is 7.10. The minimum atomic E-state index is -0.407. The van der Waals surface area contributed by atoms with Crippen molar-refractivity contribution in [2.45, 2.75) is 12.8 Å². The number of hydrogen-bond donors (Lipinski definition) is 1. The smallest absolute Gasteiger partial charge is 0.228 e. The lowest BCUT2D eigenvalue weighted by atomic mass is 9.92. The summed E-state index contributed by atoms with van der Waals surface area (Å²) in [6.45, 7) is 1.51. The van der Waals surface area contributed by atoms with Crippen LogP contribution in [0.25, 0.3) is 10.9 Å². The Kier molecular flexibility index (Phi) is 3.18. The number of nitrogens with two attached hydrogens (primary N) is 1. The van der Waals surface area contributed by atoms with Gasteiger partial charge in [0, 0.05) is 17.2 Å². The minimum absolute atomic E-state index is 0.0925. The first-order valence-corrected chi connectivity index (χ1v) is 8.26. The second kappa shape index (κ2) is 5.25. The van der Waals surface area contributed by atoms with Crippen molar-refractivity contribution in [2.75, 3.05) is 0 Å². The summed E-state index contributed by atoms with van der Waals surface area (Å²) in [4.78, 5) is 13.3. The molecule has 1 atom stereocenters. The molecule has 4 rings (SSSR count). The van der Waals surface area contributed by atoms with Gasteiger partial charge in [0.2, 0.25) is 11.8 Å². The van der Waals surface area contributed by atoms with Crippen LogP contribution in [0.5, 0.6) is 5.75 Å². The van der Waals surface area contributed by atoms with E-state index in [-0.39, 0.29) is 11.8 Å². The summed E-state index contributed by atoms with van der Waals surface area (Å²) in [5.74, 6) is 0.107. The maximum Gasteiger partial charge on any atom is 0.228 e. The molecule has 3 aromatic rings. The van der Waals surface area contributed by atoms with Crippen LogP contribution in [-0.4, -0.2) is 10.5 Å². The normalized spacial score (nSPS) is 16.6. The van der Waals surface area contributed by atoms with Crippen molar-refractivity contribution >= 4 is 28.1 Å². The summed E-state index contributed by atoms with van der Waals surface area (Å²) in [6, 6.07) is 13.5. The van der Waals surface area contributed by atoms with Crippen LogP contribution < -0.4 is 10.5 Å². The van der Waals surface area contributed by atoms with Crippen LogP contribution in [-0.2, 0) is 0 Å². The Hall–Kier alpha value is -3.04. The number of thiophene rings is 1. The van der Waals surface area contributed by atoms with Crippen molar-refractivity contribution in [3.05, 3.63) is 63.8 Å². The molecule has 0 aliphatic carbocycles. The summed E-state index contributed by atoms with van der Waals surface area (Å²) < 4.78 is 7.40. The van der Waals surface area contributed by atoms with E-state index in [4.69, 9.17) is 10.5 Å². The van der Waals surface area contributed by atoms with Gasteiger partial charge in [-0.15, -0.1) is 11.3 Å². The van der Waals surface area contributed by atoms with Gasteiger partial charge in [-0.25, -0.2) is 0 Å². The summed E-state index contributed by atoms with van der Waals surface area (Å²) in [7, 11) is 0. The predicted octanol–water partition coefficient (Wildman–Crippen LogP) is 3.58. The van der Waals surface area contributed by atoms with Crippen molar-refractivity contribution in [2.24, 2.45) is 5.73 Å². The molecule has 24 heavy (non-hydrogen) atoms. The average molecular weight is 335 g/mol. The zero-order chi connectivity index (χ0) is 16.8. The largest absolute Gasteiger partial charge is 0.438 e. The molecular formula is C18H13N3O2S. The Morgan fingerprint density at radius 1 is 1.33 bits per heavy atom. The molecule has 0 amide bonds. The van der Waals surface area contributed by atoms with Crippen molar-refractivity contribution < 1.29 is 9.53 Å². The highest BCUT2D eigenvalue weighted by Crippen LogP contribution is 2.48. The fourth-order valence-corrected chi connectivity index (χ4v) is 4.07. The van der Waals surface area contributed by atoms with Gasteiger partial charge in [-0.2, -0.15) is 5.26 Å². The third kappa shape index (κ3) is 1.88. The zero-order valence-corrected chi connectivity index (χ0v) is 13.6. The van der Waals surface area contributed by atoms with Crippen molar-refractivity contribution in [3.63, 3.8) is 0 Å². The maximum atomic E-state index is 12.4. The Labute approximate surface area is 142 Å². The van der Waals surface area contributed by atoms with Gasteiger partial charge >= 0.3 is 0 Å². The monoisotopic (exact) mass is 335 g/mol. The van der Waals surface area contributed by atoms with E-state index in [9.17, 15) is 10.1 Å². The van der Waals surface area contributed by atoms with Crippen LogP contribution in [0.4, 0.5) is 0 Å². The number of fused-ring (bicyclic) bond motifs is 3. The first-order valence-electron chi connectivity index (χ1n) is 7.38. The quantitative estimate of drug-likeness (QED) is 0.737. The van der Waals surface area contributed by atoms with E-state index in [1.165, 1.54) is 18.3 Å². The molecule has 3 heterocycles. The predicted molar refractivity (Wildman–Crippen MR) is 91.9 cm³/mol. The van der Waals surface area contributed by atoms with Crippen LogP contribution >= 0.6 is 11.3 Å². The number of aromatic nitrogens is 1. The molecule has 0 saturated heterocycles. The fourth-order valence-electron chi connectivity index (χ4n) is 3.23. The lowest BCUT2D eigenvalue weighted by Crippen LogP contribution is -2.23. The Bertz CT molecular complexity index is 1040. The highest BCUT2D eigenvalue weighted by atomic mass is 32.1. The van der Waals surface area contributed by atoms with Gasteiger partial charge in [-0.05, 0) is 23.6 Å². The molecule has 1 aliphatic heterocycles. The molecule has 0 radical (unpaired) electrons. The summed E-state index contributed by atoms with van der Waals surface area (Å²) in [6.07, 6.45) is 0. The van der Waals surface area contributed by atoms with Gasteiger partial charge < -0.3 is 10.5 Å². The van der Waals surface area contributed by atoms with Gasteiger partial charge in [0.05, 0.1) is 17.1 Å². The number of benzene rings is 1. The molecular weight excluding hydrogens is 322 g/mol. The van der Waals surface area contributed by atoms with E-state index in [1.54, 1.807) is 4.57 Å². The number of para-hydroxylation sites is 1. The van der Waals surface area contributed by atoms with Crippen molar-refractivity contribution in [3.8, 4) is 11.8 Å². The highest BCUT2D eigenvalue weighted by Gasteiger charge is 2.37. The third-order valence-electron chi connectivity index (χ3n) is 4.17. The molecule has 6 heteroatoms. The Morgan fingerprint density at radius 2 is 2.12 bits per heavy atom. The maximum absolute atomic E-state index is 12.4. The lowest BCUT2D eigenvalue weighted by molar-refractivity contribution is 0.0937. The number of rotatable bonds is 1. The van der Waals surface area contributed by atoms with Gasteiger partial charge in [-0.1, -0.05) is 18.2 Å². The number of carbonyl (C=O) groups is 1.